The summed E-state index contributed by atoms with van der Waals surface area (Å²) in [5.74, 6) is 0.685. The highest BCUT2D eigenvalue weighted by molar-refractivity contribution is 5.96. The van der Waals surface area contributed by atoms with Crippen molar-refractivity contribution < 1.29 is 5.21 Å². The molecule has 0 radical (unpaired) electrons. The van der Waals surface area contributed by atoms with Gasteiger partial charge in [-0.2, -0.15) is 0 Å². The van der Waals surface area contributed by atoms with Crippen LogP contribution in [0.25, 0.3) is 0 Å². The molecule has 5 nitrogen and oxygen atoms in total. The second-order valence-electron chi connectivity index (χ2n) is 4.14. The second kappa shape index (κ2) is 6.85. The van der Waals surface area contributed by atoms with E-state index in [1.165, 1.54) is 0 Å². The number of hydrogen-bond acceptors (Lipinski definition) is 4. The van der Waals surface area contributed by atoms with Crippen LogP contribution in [0, 0.1) is 5.92 Å². The van der Waals surface area contributed by atoms with Crippen LogP contribution >= 0.6 is 0 Å². The van der Waals surface area contributed by atoms with E-state index < -0.39 is 0 Å². The molecule has 1 aromatic rings. The number of nitrogens with zero attached hydrogens (tertiary/aromatic N) is 2. The van der Waals surface area contributed by atoms with Gasteiger partial charge in [0.05, 0.1) is 0 Å². The van der Waals surface area contributed by atoms with E-state index in [1.54, 1.807) is 6.20 Å². The summed E-state index contributed by atoms with van der Waals surface area (Å²) in [6.45, 7) is 5.98. The van der Waals surface area contributed by atoms with Gasteiger partial charge in [-0.3, -0.25) is 4.98 Å². The Morgan fingerprint density at radius 2 is 2.41 bits per heavy atom. The normalized spacial score (nSPS) is 13.6. The fourth-order valence-corrected chi connectivity index (χ4v) is 1.46. The average Bonchev–Trinajstić information content (AvgIpc) is 2.38. The number of aromatic nitrogens is 1. The molecule has 0 bridgehead atoms. The van der Waals surface area contributed by atoms with Gasteiger partial charge in [-0.15, -0.1) is 0 Å². The Bertz CT molecular complexity index is 379. The Morgan fingerprint density at radius 1 is 1.65 bits per heavy atom. The van der Waals surface area contributed by atoms with Gasteiger partial charge in [0.25, 0.3) is 0 Å². The lowest BCUT2D eigenvalue weighted by Crippen LogP contribution is -2.24. The molecular formula is C12H20N4O. The van der Waals surface area contributed by atoms with Crippen molar-refractivity contribution in [1.82, 2.24) is 10.3 Å². The van der Waals surface area contributed by atoms with Crippen molar-refractivity contribution in [3.8, 4) is 0 Å². The minimum absolute atomic E-state index is 0.0472. The standard InChI is InChI=1S/C12H20N4O/c1-3-9(2)7-14-8-10-5-4-6-15-11(10)12(13)16-17/h4-6,9,14,17H,3,7-8H2,1-2H3,(H2,13,16). The molecule has 0 fully saturated rings. The van der Waals surface area contributed by atoms with Crippen LogP contribution in [-0.2, 0) is 6.54 Å². The van der Waals surface area contributed by atoms with Crippen LogP contribution in [0.15, 0.2) is 23.5 Å². The number of amidine groups is 1. The molecular weight excluding hydrogens is 216 g/mol. The number of pyridine rings is 1. The van der Waals surface area contributed by atoms with E-state index in [2.05, 4.69) is 29.3 Å². The summed E-state index contributed by atoms with van der Waals surface area (Å²) in [6.07, 6.45) is 2.78. The summed E-state index contributed by atoms with van der Waals surface area (Å²) in [6, 6.07) is 3.76. The van der Waals surface area contributed by atoms with Gasteiger partial charge in [0.15, 0.2) is 5.84 Å². The first-order valence-electron chi connectivity index (χ1n) is 5.81. The molecule has 0 saturated carbocycles. The third-order valence-corrected chi connectivity index (χ3v) is 2.75. The van der Waals surface area contributed by atoms with Gasteiger partial charge >= 0.3 is 0 Å². The molecule has 1 aromatic heterocycles. The summed E-state index contributed by atoms with van der Waals surface area (Å²) < 4.78 is 0. The van der Waals surface area contributed by atoms with Crippen LogP contribution in [0.4, 0.5) is 0 Å². The van der Waals surface area contributed by atoms with Gasteiger partial charge in [-0.05, 0) is 24.1 Å². The monoisotopic (exact) mass is 236 g/mol. The minimum atomic E-state index is 0.0472. The van der Waals surface area contributed by atoms with E-state index >= 15 is 0 Å². The first-order valence-corrected chi connectivity index (χ1v) is 5.81. The maximum atomic E-state index is 8.67. The van der Waals surface area contributed by atoms with Crippen LogP contribution in [0.1, 0.15) is 31.5 Å². The summed E-state index contributed by atoms with van der Waals surface area (Å²) in [5.41, 5.74) is 7.03. The van der Waals surface area contributed by atoms with Gasteiger partial charge < -0.3 is 16.3 Å². The summed E-state index contributed by atoms with van der Waals surface area (Å²) >= 11 is 0. The minimum Gasteiger partial charge on any atom is -0.409 e. The van der Waals surface area contributed by atoms with Gasteiger partial charge in [-0.25, -0.2) is 0 Å². The maximum Gasteiger partial charge on any atom is 0.189 e. The lowest BCUT2D eigenvalue weighted by Gasteiger charge is -2.11. The zero-order valence-corrected chi connectivity index (χ0v) is 10.3. The lowest BCUT2D eigenvalue weighted by atomic mass is 10.1. The van der Waals surface area contributed by atoms with E-state index in [0.29, 0.717) is 18.2 Å². The Labute approximate surface area is 102 Å². The quantitative estimate of drug-likeness (QED) is 0.301. The Hall–Kier alpha value is -1.62. The molecule has 4 N–H and O–H groups in total. The molecule has 0 amide bonds. The molecule has 5 heteroatoms. The van der Waals surface area contributed by atoms with Gasteiger partial charge in [0.1, 0.15) is 5.69 Å². The van der Waals surface area contributed by atoms with Crippen molar-refractivity contribution in [2.75, 3.05) is 6.54 Å². The van der Waals surface area contributed by atoms with Crippen LogP contribution in [0.3, 0.4) is 0 Å². The molecule has 1 rings (SSSR count). The van der Waals surface area contributed by atoms with Crippen LogP contribution in [0.5, 0.6) is 0 Å². The number of oxime groups is 1. The molecule has 17 heavy (non-hydrogen) atoms. The van der Waals surface area contributed by atoms with Crippen LogP contribution in [-0.4, -0.2) is 22.6 Å². The Kier molecular flexibility index (Phi) is 5.42. The summed E-state index contributed by atoms with van der Waals surface area (Å²) in [4.78, 5) is 4.11. The molecule has 0 aliphatic carbocycles. The average molecular weight is 236 g/mol. The molecule has 1 atom stereocenters. The van der Waals surface area contributed by atoms with E-state index in [9.17, 15) is 0 Å². The zero-order chi connectivity index (χ0) is 12.7. The number of rotatable bonds is 6. The highest BCUT2D eigenvalue weighted by Crippen LogP contribution is 2.05. The second-order valence-corrected chi connectivity index (χ2v) is 4.14. The first-order chi connectivity index (χ1) is 8.19. The van der Waals surface area contributed by atoms with E-state index in [-0.39, 0.29) is 5.84 Å². The van der Waals surface area contributed by atoms with Crippen LogP contribution in [0.2, 0.25) is 0 Å². The Balaban J connectivity index is 2.64. The Morgan fingerprint density at radius 3 is 3.06 bits per heavy atom. The molecule has 0 aliphatic heterocycles. The van der Waals surface area contributed by atoms with E-state index in [4.69, 9.17) is 10.9 Å². The fraction of sp³-hybridized carbons (Fsp3) is 0.500. The predicted octanol–water partition coefficient (Wildman–Crippen LogP) is 1.31. The number of hydrogen-bond donors (Lipinski definition) is 3. The number of nitrogens with two attached hydrogens (primary N) is 1. The van der Waals surface area contributed by atoms with E-state index in [1.807, 2.05) is 12.1 Å². The molecule has 94 valence electrons. The topological polar surface area (TPSA) is 83.5 Å². The highest BCUT2D eigenvalue weighted by atomic mass is 16.4. The van der Waals surface area contributed by atoms with Crippen molar-refractivity contribution in [1.29, 1.82) is 0 Å². The molecule has 0 saturated heterocycles. The van der Waals surface area contributed by atoms with Gasteiger partial charge in [0.2, 0.25) is 0 Å². The zero-order valence-electron chi connectivity index (χ0n) is 10.3. The molecule has 1 unspecified atom stereocenters. The maximum absolute atomic E-state index is 8.67. The largest absolute Gasteiger partial charge is 0.409 e. The van der Waals surface area contributed by atoms with Crippen molar-refractivity contribution in [2.45, 2.75) is 26.8 Å². The summed E-state index contributed by atoms with van der Waals surface area (Å²) in [7, 11) is 0. The van der Waals surface area contributed by atoms with E-state index in [0.717, 1.165) is 18.5 Å². The summed E-state index contributed by atoms with van der Waals surface area (Å²) in [5, 5.41) is 15.0. The lowest BCUT2D eigenvalue weighted by molar-refractivity contribution is 0.318. The SMILES string of the molecule is CCC(C)CNCc1cccnc1C(N)=NO. The molecule has 0 aliphatic rings. The fourth-order valence-electron chi connectivity index (χ4n) is 1.46. The van der Waals surface area contributed by atoms with Crippen molar-refractivity contribution in [3.63, 3.8) is 0 Å². The highest BCUT2D eigenvalue weighted by Gasteiger charge is 2.07. The molecule has 0 aromatic carbocycles. The van der Waals surface area contributed by atoms with Gasteiger partial charge in [-0.1, -0.05) is 31.5 Å². The number of nitrogens with one attached hydrogen (secondary N) is 1. The predicted molar refractivity (Wildman–Crippen MR) is 67.9 cm³/mol. The molecule has 0 spiro atoms. The first kappa shape index (κ1) is 13.4. The molecule has 1 heterocycles. The van der Waals surface area contributed by atoms with Crippen LogP contribution < -0.4 is 11.1 Å². The van der Waals surface area contributed by atoms with Crippen molar-refractivity contribution >= 4 is 5.84 Å². The van der Waals surface area contributed by atoms with Gasteiger partial charge in [0, 0.05) is 12.7 Å². The van der Waals surface area contributed by atoms with Crippen molar-refractivity contribution in [3.05, 3.63) is 29.6 Å². The third kappa shape index (κ3) is 4.03. The van der Waals surface area contributed by atoms with Crippen molar-refractivity contribution in [2.24, 2.45) is 16.8 Å². The smallest absolute Gasteiger partial charge is 0.189 e. The third-order valence-electron chi connectivity index (χ3n) is 2.75.